The number of nitrogens with zero attached hydrogens (tertiary/aromatic N) is 4. The van der Waals surface area contributed by atoms with Crippen LogP contribution in [0.2, 0.25) is 0 Å². The van der Waals surface area contributed by atoms with E-state index in [1.54, 1.807) is 18.5 Å². The van der Waals surface area contributed by atoms with Crippen molar-refractivity contribution in [2.75, 3.05) is 5.32 Å². The molecule has 0 aliphatic heterocycles. The molecule has 8 nitrogen and oxygen atoms in total. The largest absolute Gasteiger partial charge is 0.438 e. The lowest BCUT2D eigenvalue weighted by molar-refractivity contribution is -0.118. The highest BCUT2D eigenvalue weighted by molar-refractivity contribution is 9.10. The van der Waals surface area contributed by atoms with Crippen LogP contribution in [-0.2, 0) is 11.3 Å². The predicted molar refractivity (Wildman–Crippen MR) is 91.0 cm³/mol. The minimum absolute atomic E-state index is 0.0157. The lowest BCUT2D eigenvalue weighted by Gasteiger charge is -2.08. The first kappa shape index (κ1) is 15.9. The molecule has 0 fully saturated rings. The van der Waals surface area contributed by atoms with Crippen molar-refractivity contribution in [3.63, 3.8) is 0 Å². The van der Waals surface area contributed by atoms with Crippen LogP contribution in [0.4, 0.5) is 11.5 Å². The Morgan fingerprint density at radius 3 is 2.96 bits per heavy atom. The third-order valence-electron chi connectivity index (χ3n) is 2.92. The first-order valence-corrected chi connectivity index (χ1v) is 7.71. The number of hydrogen-bond acceptors (Lipinski definition) is 6. The highest BCUT2D eigenvalue weighted by atomic mass is 79.9. The summed E-state index contributed by atoms with van der Waals surface area (Å²) in [5.41, 5.74) is 5.80. The number of carbonyl (C=O) groups excluding carboxylic acids is 1. The average molecular weight is 389 g/mol. The molecule has 0 aliphatic rings. The number of nitrogens with one attached hydrogen (secondary N) is 1. The van der Waals surface area contributed by atoms with Crippen LogP contribution < -0.4 is 15.8 Å². The van der Waals surface area contributed by atoms with Crippen molar-refractivity contribution in [2.45, 2.75) is 6.54 Å². The van der Waals surface area contributed by atoms with E-state index < -0.39 is 5.91 Å². The van der Waals surface area contributed by atoms with E-state index in [9.17, 15) is 4.79 Å². The summed E-state index contributed by atoms with van der Waals surface area (Å²) in [6.45, 7) is 0.0157. The number of primary amides is 1. The number of ether oxygens (including phenoxy) is 1. The van der Waals surface area contributed by atoms with Gasteiger partial charge >= 0.3 is 0 Å². The van der Waals surface area contributed by atoms with Gasteiger partial charge in [0.2, 0.25) is 11.8 Å². The van der Waals surface area contributed by atoms with Gasteiger partial charge in [0.25, 0.3) is 0 Å². The van der Waals surface area contributed by atoms with E-state index in [4.69, 9.17) is 10.5 Å². The Balaban J connectivity index is 1.72. The molecule has 1 aromatic carbocycles. The van der Waals surface area contributed by atoms with Crippen LogP contribution in [0, 0.1) is 0 Å². The molecule has 3 N–H and O–H groups in total. The fourth-order valence-corrected chi connectivity index (χ4v) is 2.29. The molecule has 24 heavy (non-hydrogen) atoms. The zero-order valence-electron chi connectivity index (χ0n) is 12.4. The standard InChI is InChI=1S/C15H13BrN6O2/c16-11-3-1-2-4-12(11)24-15-5-14(18-9-19-15)21-10-6-20-22(7-10)8-13(17)23/h1-7,9H,8H2,(H2,17,23)(H,18,19,21). The average Bonchev–Trinajstić information content (AvgIpc) is 2.96. The molecule has 3 aromatic rings. The molecule has 0 saturated carbocycles. The molecule has 0 radical (unpaired) electrons. The Bertz CT molecular complexity index is 866. The molecule has 0 saturated heterocycles. The summed E-state index contributed by atoms with van der Waals surface area (Å²) in [6, 6.07) is 9.13. The van der Waals surface area contributed by atoms with Crippen molar-refractivity contribution in [3.05, 3.63) is 53.5 Å². The Labute approximate surface area is 145 Å². The maximum atomic E-state index is 10.9. The minimum atomic E-state index is -0.462. The molecule has 3 rings (SSSR count). The minimum Gasteiger partial charge on any atom is -0.438 e. The third kappa shape index (κ3) is 4.07. The van der Waals surface area contributed by atoms with Gasteiger partial charge in [-0.25, -0.2) is 9.97 Å². The molecule has 1 amide bonds. The van der Waals surface area contributed by atoms with E-state index in [0.29, 0.717) is 23.1 Å². The molecular formula is C15H13BrN6O2. The number of hydrogen-bond donors (Lipinski definition) is 2. The molecule has 0 atom stereocenters. The number of benzene rings is 1. The molecule has 0 bridgehead atoms. The van der Waals surface area contributed by atoms with Gasteiger partial charge in [0.05, 0.1) is 16.4 Å². The predicted octanol–water partition coefficient (Wildman–Crippen LogP) is 2.46. The van der Waals surface area contributed by atoms with Gasteiger partial charge in [0, 0.05) is 12.3 Å². The SMILES string of the molecule is NC(=O)Cn1cc(Nc2cc(Oc3ccccc3Br)ncn2)cn1. The van der Waals surface area contributed by atoms with Crippen molar-refractivity contribution < 1.29 is 9.53 Å². The summed E-state index contributed by atoms with van der Waals surface area (Å²) in [4.78, 5) is 19.1. The van der Waals surface area contributed by atoms with Gasteiger partial charge in [0.15, 0.2) is 0 Å². The van der Waals surface area contributed by atoms with Gasteiger partial charge in [-0.15, -0.1) is 0 Å². The lowest BCUT2D eigenvalue weighted by Crippen LogP contribution is -2.18. The topological polar surface area (TPSA) is 108 Å². The zero-order valence-corrected chi connectivity index (χ0v) is 14.0. The zero-order chi connectivity index (χ0) is 16.9. The van der Waals surface area contributed by atoms with E-state index in [1.165, 1.54) is 11.0 Å². The fraction of sp³-hybridized carbons (Fsp3) is 0.0667. The van der Waals surface area contributed by atoms with Gasteiger partial charge in [-0.2, -0.15) is 5.10 Å². The van der Waals surface area contributed by atoms with Crippen LogP contribution in [0.3, 0.4) is 0 Å². The number of rotatable bonds is 6. The second-order valence-electron chi connectivity index (χ2n) is 4.79. The number of amides is 1. The maximum absolute atomic E-state index is 10.9. The summed E-state index contributed by atoms with van der Waals surface area (Å²) in [5, 5.41) is 7.09. The van der Waals surface area contributed by atoms with Crippen LogP contribution in [-0.4, -0.2) is 25.7 Å². The number of aromatic nitrogens is 4. The summed E-state index contributed by atoms with van der Waals surface area (Å²) >= 11 is 3.42. The van der Waals surface area contributed by atoms with Gasteiger partial charge in [-0.1, -0.05) is 12.1 Å². The molecule has 0 aliphatic carbocycles. The van der Waals surface area contributed by atoms with E-state index in [0.717, 1.165) is 4.47 Å². The Kier molecular flexibility index (Phi) is 4.71. The second kappa shape index (κ2) is 7.09. The number of carbonyl (C=O) groups is 1. The van der Waals surface area contributed by atoms with E-state index >= 15 is 0 Å². The summed E-state index contributed by atoms with van der Waals surface area (Å²) in [7, 11) is 0. The molecule has 9 heteroatoms. The maximum Gasteiger partial charge on any atom is 0.239 e. The number of para-hydroxylation sites is 1. The highest BCUT2D eigenvalue weighted by Crippen LogP contribution is 2.29. The molecule has 2 heterocycles. The van der Waals surface area contributed by atoms with Crippen molar-refractivity contribution >= 4 is 33.3 Å². The van der Waals surface area contributed by atoms with Crippen LogP contribution in [0.1, 0.15) is 0 Å². The molecule has 122 valence electrons. The highest BCUT2D eigenvalue weighted by Gasteiger charge is 2.06. The molecule has 0 unspecified atom stereocenters. The molecule has 0 spiro atoms. The molecule has 2 aromatic heterocycles. The van der Waals surface area contributed by atoms with Gasteiger partial charge in [-0.3, -0.25) is 9.48 Å². The summed E-state index contributed by atoms with van der Waals surface area (Å²) in [6.07, 6.45) is 4.61. The van der Waals surface area contributed by atoms with Crippen molar-refractivity contribution in [3.8, 4) is 11.6 Å². The number of halogens is 1. The number of anilines is 2. The monoisotopic (exact) mass is 388 g/mol. The fourth-order valence-electron chi connectivity index (χ4n) is 1.93. The van der Waals surface area contributed by atoms with E-state index in [2.05, 4.69) is 36.3 Å². The Morgan fingerprint density at radius 1 is 1.33 bits per heavy atom. The summed E-state index contributed by atoms with van der Waals surface area (Å²) in [5.74, 6) is 1.11. The quantitative estimate of drug-likeness (QED) is 0.671. The normalized spacial score (nSPS) is 10.4. The first-order valence-electron chi connectivity index (χ1n) is 6.92. The van der Waals surface area contributed by atoms with Crippen molar-refractivity contribution in [1.82, 2.24) is 19.7 Å². The van der Waals surface area contributed by atoms with E-state index in [1.807, 2.05) is 24.3 Å². The second-order valence-corrected chi connectivity index (χ2v) is 5.65. The third-order valence-corrected chi connectivity index (χ3v) is 3.57. The lowest BCUT2D eigenvalue weighted by atomic mass is 10.3. The van der Waals surface area contributed by atoms with Crippen LogP contribution in [0.15, 0.2) is 53.5 Å². The van der Waals surface area contributed by atoms with Crippen molar-refractivity contribution in [2.24, 2.45) is 5.73 Å². The smallest absolute Gasteiger partial charge is 0.239 e. The van der Waals surface area contributed by atoms with Crippen molar-refractivity contribution in [1.29, 1.82) is 0 Å². The van der Waals surface area contributed by atoms with Gasteiger partial charge in [-0.05, 0) is 28.1 Å². The molecular weight excluding hydrogens is 376 g/mol. The van der Waals surface area contributed by atoms with Crippen LogP contribution in [0.25, 0.3) is 0 Å². The Hall–Kier alpha value is -2.94. The van der Waals surface area contributed by atoms with Crippen LogP contribution >= 0.6 is 15.9 Å². The van der Waals surface area contributed by atoms with Gasteiger partial charge < -0.3 is 15.8 Å². The first-order chi connectivity index (χ1) is 11.6. The van der Waals surface area contributed by atoms with Crippen LogP contribution in [0.5, 0.6) is 11.6 Å². The van der Waals surface area contributed by atoms with Gasteiger partial charge in [0.1, 0.15) is 24.4 Å². The summed E-state index contributed by atoms with van der Waals surface area (Å²) < 4.78 is 7.99. The Morgan fingerprint density at radius 2 is 2.17 bits per heavy atom. The van der Waals surface area contributed by atoms with E-state index in [-0.39, 0.29) is 6.54 Å². The number of nitrogens with two attached hydrogens (primary N) is 1.